The molecule has 0 atom stereocenters. The standard InChI is InChI=1S/C7H8.C6H5Cl.C6H6/c1-7-5-3-2-4-6-7;7-6-4-2-1-3-5-6;1-2-4-6-5-3-1/h2-6H,1H3;1-5H;1-6H. The first-order valence-corrected chi connectivity index (χ1v) is 6.89. The van der Waals surface area contributed by atoms with Gasteiger partial charge in [0.05, 0.1) is 0 Å². The molecule has 0 aliphatic rings. The molecule has 0 aliphatic heterocycles. The second-order valence-electron chi connectivity index (χ2n) is 4.10. The van der Waals surface area contributed by atoms with Crippen molar-refractivity contribution in [1.29, 1.82) is 0 Å². The largest absolute Gasteiger partial charge is 0.0843 e. The van der Waals surface area contributed by atoms with Gasteiger partial charge in [-0.05, 0) is 19.1 Å². The summed E-state index contributed by atoms with van der Waals surface area (Å²) in [5.41, 5.74) is 1.32. The Morgan fingerprint density at radius 1 is 0.500 bits per heavy atom. The van der Waals surface area contributed by atoms with Gasteiger partial charge < -0.3 is 0 Å². The summed E-state index contributed by atoms with van der Waals surface area (Å²) in [6.45, 7) is 2.08. The van der Waals surface area contributed by atoms with Gasteiger partial charge in [-0.1, -0.05) is 102 Å². The second kappa shape index (κ2) is 10.8. The van der Waals surface area contributed by atoms with Crippen molar-refractivity contribution in [3.63, 3.8) is 0 Å². The molecule has 3 rings (SSSR count). The molecule has 0 spiro atoms. The van der Waals surface area contributed by atoms with Gasteiger partial charge in [-0.2, -0.15) is 0 Å². The zero-order chi connectivity index (χ0) is 14.5. The van der Waals surface area contributed by atoms with Gasteiger partial charge >= 0.3 is 0 Å². The summed E-state index contributed by atoms with van der Waals surface area (Å²) in [6.07, 6.45) is 0. The van der Waals surface area contributed by atoms with Gasteiger partial charge in [0.15, 0.2) is 0 Å². The van der Waals surface area contributed by atoms with E-state index in [0.717, 1.165) is 5.02 Å². The minimum absolute atomic E-state index is 0.794. The van der Waals surface area contributed by atoms with Crippen molar-refractivity contribution in [1.82, 2.24) is 0 Å². The van der Waals surface area contributed by atoms with E-state index in [1.54, 1.807) is 0 Å². The molecule has 0 heterocycles. The van der Waals surface area contributed by atoms with Crippen LogP contribution in [0.5, 0.6) is 0 Å². The van der Waals surface area contributed by atoms with Crippen molar-refractivity contribution in [3.8, 4) is 0 Å². The van der Waals surface area contributed by atoms with Crippen LogP contribution in [0.2, 0.25) is 5.02 Å². The third-order valence-corrected chi connectivity index (χ3v) is 2.59. The molecule has 20 heavy (non-hydrogen) atoms. The van der Waals surface area contributed by atoms with E-state index in [1.807, 2.05) is 84.9 Å². The van der Waals surface area contributed by atoms with Crippen LogP contribution >= 0.6 is 11.6 Å². The van der Waals surface area contributed by atoms with Crippen LogP contribution in [-0.4, -0.2) is 0 Å². The topological polar surface area (TPSA) is 0 Å². The van der Waals surface area contributed by atoms with E-state index in [9.17, 15) is 0 Å². The van der Waals surface area contributed by atoms with Crippen molar-refractivity contribution >= 4 is 11.6 Å². The molecule has 1 heteroatoms. The Hall–Kier alpha value is -2.05. The summed E-state index contributed by atoms with van der Waals surface area (Å²) in [6, 6.07) is 31.7. The van der Waals surface area contributed by atoms with Crippen molar-refractivity contribution in [2.75, 3.05) is 0 Å². The van der Waals surface area contributed by atoms with Crippen LogP contribution in [0, 0.1) is 6.92 Å². The van der Waals surface area contributed by atoms with Gasteiger partial charge in [0.1, 0.15) is 0 Å². The maximum absolute atomic E-state index is 5.54. The molecule has 0 amide bonds. The Labute approximate surface area is 126 Å². The van der Waals surface area contributed by atoms with Gasteiger partial charge in [-0.25, -0.2) is 0 Å². The molecule has 102 valence electrons. The fourth-order valence-electron chi connectivity index (χ4n) is 1.33. The summed E-state index contributed by atoms with van der Waals surface area (Å²) >= 11 is 5.54. The van der Waals surface area contributed by atoms with E-state index in [4.69, 9.17) is 11.6 Å². The molecule has 0 bridgehead atoms. The number of halogens is 1. The fraction of sp³-hybridized carbons (Fsp3) is 0.0526. The lowest BCUT2D eigenvalue weighted by Gasteiger charge is -1.82. The van der Waals surface area contributed by atoms with Crippen LogP contribution in [-0.2, 0) is 0 Å². The van der Waals surface area contributed by atoms with Crippen LogP contribution in [0.1, 0.15) is 5.56 Å². The summed E-state index contributed by atoms with van der Waals surface area (Å²) in [5.74, 6) is 0. The first-order chi connectivity index (χ1) is 9.79. The third-order valence-electron chi connectivity index (χ3n) is 2.34. The van der Waals surface area contributed by atoms with Crippen LogP contribution < -0.4 is 0 Å². The fourth-order valence-corrected chi connectivity index (χ4v) is 1.48. The molecular weight excluding hydrogens is 264 g/mol. The zero-order valence-electron chi connectivity index (χ0n) is 11.6. The maximum Gasteiger partial charge on any atom is 0.0405 e. The summed E-state index contributed by atoms with van der Waals surface area (Å²) in [5, 5.41) is 0.794. The van der Waals surface area contributed by atoms with E-state index >= 15 is 0 Å². The number of hydrogen-bond donors (Lipinski definition) is 0. The Morgan fingerprint density at radius 3 is 1.00 bits per heavy atom. The van der Waals surface area contributed by atoms with Crippen molar-refractivity contribution < 1.29 is 0 Å². The average Bonchev–Trinajstić information content (AvgIpc) is 2.52. The van der Waals surface area contributed by atoms with E-state index < -0.39 is 0 Å². The van der Waals surface area contributed by atoms with Crippen molar-refractivity contribution in [2.45, 2.75) is 6.92 Å². The van der Waals surface area contributed by atoms with Gasteiger partial charge in [0.2, 0.25) is 0 Å². The lowest BCUT2D eigenvalue weighted by molar-refractivity contribution is 1.48. The number of hydrogen-bond acceptors (Lipinski definition) is 0. The predicted octanol–water partition coefficient (Wildman–Crippen LogP) is 6.02. The molecular formula is C19H19Cl. The maximum atomic E-state index is 5.54. The van der Waals surface area contributed by atoms with Crippen LogP contribution in [0.4, 0.5) is 0 Å². The van der Waals surface area contributed by atoms with E-state index in [0.29, 0.717) is 0 Å². The summed E-state index contributed by atoms with van der Waals surface area (Å²) in [7, 11) is 0. The molecule has 0 nitrogen and oxygen atoms in total. The molecule has 0 aliphatic carbocycles. The molecule has 0 unspecified atom stereocenters. The predicted molar refractivity (Wildman–Crippen MR) is 89.1 cm³/mol. The molecule has 0 saturated carbocycles. The Bertz CT molecular complexity index is 468. The van der Waals surface area contributed by atoms with Gasteiger partial charge in [-0.3, -0.25) is 0 Å². The van der Waals surface area contributed by atoms with Gasteiger partial charge in [0, 0.05) is 5.02 Å². The number of aryl methyl sites for hydroxylation is 1. The normalized spacial score (nSPS) is 8.50. The summed E-state index contributed by atoms with van der Waals surface area (Å²) in [4.78, 5) is 0. The highest BCUT2D eigenvalue weighted by atomic mass is 35.5. The second-order valence-corrected chi connectivity index (χ2v) is 4.54. The lowest BCUT2D eigenvalue weighted by atomic mass is 10.2. The first-order valence-electron chi connectivity index (χ1n) is 6.51. The average molecular weight is 283 g/mol. The van der Waals surface area contributed by atoms with Crippen molar-refractivity contribution in [3.05, 3.63) is 108 Å². The lowest BCUT2D eigenvalue weighted by Crippen LogP contribution is -1.62. The Balaban J connectivity index is 0.000000151. The van der Waals surface area contributed by atoms with Gasteiger partial charge in [0.25, 0.3) is 0 Å². The molecule has 0 N–H and O–H groups in total. The highest BCUT2D eigenvalue weighted by Gasteiger charge is 1.75. The first kappa shape index (κ1) is 16.0. The minimum atomic E-state index is 0.794. The minimum Gasteiger partial charge on any atom is -0.0843 e. The Morgan fingerprint density at radius 2 is 0.800 bits per heavy atom. The molecule has 0 radical (unpaired) electrons. The summed E-state index contributed by atoms with van der Waals surface area (Å²) < 4.78 is 0. The molecule has 0 saturated heterocycles. The third kappa shape index (κ3) is 8.96. The van der Waals surface area contributed by atoms with E-state index in [-0.39, 0.29) is 0 Å². The van der Waals surface area contributed by atoms with Crippen LogP contribution in [0.3, 0.4) is 0 Å². The quantitative estimate of drug-likeness (QED) is 0.473. The van der Waals surface area contributed by atoms with Gasteiger partial charge in [-0.15, -0.1) is 0 Å². The van der Waals surface area contributed by atoms with E-state index in [1.165, 1.54) is 5.56 Å². The molecule has 3 aromatic carbocycles. The smallest absolute Gasteiger partial charge is 0.0405 e. The molecule has 0 aromatic heterocycles. The molecule has 0 fully saturated rings. The zero-order valence-corrected chi connectivity index (χ0v) is 12.4. The highest BCUT2D eigenvalue weighted by Crippen LogP contribution is 2.03. The Kier molecular flexibility index (Phi) is 8.67. The number of benzene rings is 3. The highest BCUT2D eigenvalue weighted by molar-refractivity contribution is 6.30. The van der Waals surface area contributed by atoms with E-state index in [2.05, 4.69) is 19.1 Å². The SMILES string of the molecule is Cc1ccccc1.Clc1ccccc1.c1ccccc1. The number of rotatable bonds is 0. The monoisotopic (exact) mass is 282 g/mol. The molecule has 3 aromatic rings. The van der Waals surface area contributed by atoms with Crippen LogP contribution in [0.25, 0.3) is 0 Å². The van der Waals surface area contributed by atoms with Crippen molar-refractivity contribution in [2.24, 2.45) is 0 Å². The van der Waals surface area contributed by atoms with Crippen LogP contribution in [0.15, 0.2) is 97.1 Å².